The maximum absolute atomic E-state index is 13.5. The second-order valence-corrected chi connectivity index (χ2v) is 11.6. The van der Waals surface area contributed by atoms with Crippen molar-refractivity contribution >= 4 is 42.1 Å². The normalized spacial score (nSPS) is 21.4. The van der Waals surface area contributed by atoms with Crippen molar-refractivity contribution in [1.29, 1.82) is 0 Å². The summed E-state index contributed by atoms with van der Waals surface area (Å²) >= 11 is 1.24. The number of fused-ring (bicyclic) bond motifs is 1. The molecule has 44 heavy (non-hydrogen) atoms. The van der Waals surface area contributed by atoms with Gasteiger partial charge in [-0.25, -0.2) is 23.2 Å². The average molecular weight is 650 g/mol. The molecule has 0 unspecified atom stereocenters. The fraction of sp³-hybridized carbons (Fsp3) is 0.607. The highest BCUT2D eigenvalue weighted by atomic mass is 32.2. The Morgan fingerprint density at radius 3 is 1.84 bits per heavy atom. The Hall–Kier alpha value is -3.82. The number of amides is 1. The number of ether oxygens (including phenoxy) is 7. The fourth-order valence-corrected chi connectivity index (χ4v) is 5.81. The summed E-state index contributed by atoms with van der Waals surface area (Å²) in [7, 11) is 0. The third kappa shape index (κ3) is 11.7. The van der Waals surface area contributed by atoms with Crippen molar-refractivity contribution in [2.45, 2.75) is 51.5 Å². The van der Waals surface area contributed by atoms with E-state index >= 15 is 0 Å². The van der Waals surface area contributed by atoms with Crippen LogP contribution in [0.3, 0.4) is 0 Å². The van der Waals surface area contributed by atoms with E-state index in [-0.39, 0.29) is 31.0 Å². The van der Waals surface area contributed by atoms with Crippen molar-refractivity contribution in [3.8, 4) is 0 Å². The number of primary amides is 1. The van der Waals surface area contributed by atoms with Gasteiger partial charge >= 0.3 is 30.3 Å². The summed E-state index contributed by atoms with van der Waals surface area (Å²) in [5, 5.41) is 0. The van der Waals surface area contributed by atoms with Crippen molar-refractivity contribution in [3.63, 3.8) is 0 Å². The molecule has 2 saturated carbocycles. The van der Waals surface area contributed by atoms with Gasteiger partial charge in [0.25, 0.3) is 0 Å². The van der Waals surface area contributed by atoms with Crippen LogP contribution < -0.4 is 5.73 Å². The molecule has 2 aliphatic rings. The number of hydrogen-bond donors (Lipinski definition) is 1. The number of halogens is 2. The van der Waals surface area contributed by atoms with Gasteiger partial charge < -0.3 is 38.9 Å². The molecule has 0 aliphatic heterocycles. The van der Waals surface area contributed by atoms with E-state index in [0.717, 1.165) is 12.1 Å². The molecule has 246 valence electrons. The number of carbonyl (C=O) groups excluding carboxylic acids is 5. The Morgan fingerprint density at radius 1 is 0.841 bits per heavy atom. The van der Waals surface area contributed by atoms with Gasteiger partial charge in [-0.3, -0.25) is 9.59 Å². The minimum Gasteiger partial charge on any atom is -0.444 e. The van der Waals surface area contributed by atoms with Crippen LogP contribution in [0.5, 0.6) is 0 Å². The summed E-state index contributed by atoms with van der Waals surface area (Å²) in [5.74, 6) is -4.96. The first-order chi connectivity index (χ1) is 20.7. The van der Waals surface area contributed by atoms with E-state index in [9.17, 15) is 32.8 Å². The van der Waals surface area contributed by atoms with Crippen molar-refractivity contribution in [3.05, 3.63) is 29.8 Å². The summed E-state index contributed by atoms with van der Waals surface area (Å²) in [6.45, 7) is 7.39. The Balaban J connectivity index is 0.000000742. The number of nitrogens with two attached hydrogens (primary N) is 1. The van der Waals surface area contributed by atoms with E-state index in [2.05, 4.69) is 23.7 Å². The molecular formula is C28H37F2NO12S. The van der Waals surface area contributed by atoms with Crippen molar-refractivity contribution in [2.75, 3.05) is 32.6 Å². The van der Waals surface area contributed by atoms with E-state index in [4.69, 9.17) is 15.2 Å². The maximum atomic E-state index is 13.5. The fourth-order valence-electron chi connectivity index (χ4n) is 4.71. The van der Waals surface area contributed by atoms with Gasteiger partial charge in [-0.2, -0.15) is 0 Å². The van der Waals surface area contributed by atoms with Crippen LogP contribution in [0.4, 0.5) is 23.2 Å². The molecule has 0 aromatic heterocycles. The molecule has 1 aromatic rings. The Bertz CT molecular complexity index is 1180. The van der Waals surface area contributed by atoms with E-state index in [0.29, 0.717) is 17.1 Å². The number of thioether (sulfide) groups is 1. The molecule has 1 amide bonds. The van der Waals surface area contributed by atoms with Crippen LogP contribution >= 0.6 is 11.8 Å². The molecule has 2 aliphatic carbocycles. The highest BCUT2D eigenvalue weighted by Crippen LogP contribution is 2.64. The van der Waals surface area contributed by atoms with Crippen molar-refractivity contribution < 1.29 is 65.9 Å². The number of benzene rings is 1. The first-order valence-electron chi connectivity index (χ1n) is 13.7. The molecule has 5 atom stereocenters. The molecular weight excluding hydrogens is 612 g/mol. The van der Waals surface area contributed by atoms with Crippen LogP contribution in [0.15, 0.2) is 23.1 Å². The zero-order valence-electron chi connectivity index (χ0n) is 25.0. The first-order valence-corrected chi connectivity index (χ1v) is 14.7. The Morgan fingerprint density at radius 2 is 1.39 bits per heavy atom. The topological polar surface area (TPSA) is 176 Å². The summed E-state index contributed by atoms with van der Waals surface area (Å²) in [6, 6.07) is 3.52. The molecule has 0 radical (unpaired) electrons. The van der Waals surface area contributed by atoms with Gasteiger partial charge in [0.1, 0.15) is 5.60 Å². The molecule has 3 rings (SSSR count). The standard InChI is InChI=1S/C23H26F2O10S.C5H11NO2/c1-3-30-22(28)34-10-32-20(26)17-12(9-36-13-5-6-15(24)16(25)8-13)7-14-18(17)19(14)21(27)33-11-35-23(29)31-4-2;1-5(2,3)8-4(6)7/h5-6,8,12,14,17-19H,3-4,7,9-11H2,1-2H3;1-3H3,(H2,6,7)/t12-,14+,17+,18+,19-;/m0./s1. The minimum atomic E-state index is -0.991. The minimum absolute atomic E-state index is 0.0894. The summed E-state index contributed by atoms with van der Waals surface area (Å²) in [5.41, 5.74) is 4.26. The number of esters is 2. The molecule has 0 saturated heterocycles. The molecule has 1 aromatic carbocycles. The van der Waals surface area contributed by atoms with Gasteiger partial charge in [0.05, 0.1) is 25.0 Å². The highest BCUT2D eigenvalue weighted by molar-refractivity contribution is 7.99. The van der Waals surface area contributed by atoms with E-state index < -0.39 is 73.0 Å². The molecule has 2 N–H and O–H groups in total. The van der Waals surface area contributed by atoms with Gasteiger partial charge in [-0.05, 0) is 77.0 Å². The smallest absolute Gasteiger partial charge is 0.444 e. The molecule has 16 heteroatoms. The van der Waals surface area contributed by atoms with Crippen LogP contribution in [0.1, 0.15) is 41.0 Å². The zero-order chi connectivity index (χ0) is 33.0. The molecule has 13 nitrogen and oxygen atoms in total. The van der Waals surface area contributed by atoms with Gasteiger partial charge in [-0.15, -0.1) is 11.8 Å². The lowest BCUT2D eigenvalue weighted by atomic mass is 9.90. The third-order valence-corrected chi connectivity index (χ3v) is 7.50. The Kier molecular flexibility index (Phi) is 13.9. The number of rotatable bonds is 11. The lowest BCUT2D eigenvalue weighted by Crippen LogP contribution is -2.30. The summed E-state index contributed by atoms with van der Waals surface area (Å²) < 4.78 is 59.9. The van der Waals surface area contributed by atoms with Gasteiger partial charge in [0.15, 0.2) is 11.6 Å². The monoisotopic (exact) mass is 649 g/mol. The summed E-state index contributed by atoms with van der Waals surface area (Å²) in [4.78, 5) is 58.4. The molecule has 0 bridgehead atoms. The lowest BCUT2D eigenvalue weighted by Gasteiger charge is -2.22. The first kappa shape index (κ1) is 36.4. The largest absolute Gasteiger partial charge is 0.511 e. The van der Waals surface area contributed by atoms with Gasteiger partial charge in [-0.1, -0.05) is 0 Å². The zero-order valence-corrected chi connectivity index (χ0v) is 25.8. The summed E-state index contributed by atoms with van der Waals surface area (Å²) in [6.07, 6.45) is -2.20. The van der Waals surface area contributed by atoms with Crippen LogP contribution in [0.2, 0.25) is 0 Å². The molecule has 0 heterocycles. The predicted molar refractivity (Wildman–Crippen MR) is 148 cm³/mol. The van der Waals surface area contributed by atoms with E-state index in [1.807, 2.05) is 0 Å². The SMILES string of the molecule is CC(C)(C)OC(N)=O.CCOC(=O)OCOC(=O)[C@@H]1[C@H](CSc2ccc(F)c(F)c2)C[C@H]2[C@H](C(=O)OCOC(=O)OCC)[C@H]21. The molecule has 0 spiro atoms. The van der Waals surface area contributed by atoms with Crippen LogP contribution in [0, 0.1) is 41.2 Å². The van der Waals surface area contributed by atoms with Gasteiger partial charge in [0, 0.05) is 10.6 Å². The number of carbonyl (C=O) groups is 5. The van der Waals surface area contributed by atoms with Gasteiger partial charge in [0.2, 0.25) is 13.6 Å². The average Bonchev–Trinajstić information content (AvgIpc) is 3.48. The van der Waals surface area contributed by atoms with Crippen LogP contribution in [-0.4, -0.2) is 68.5 Å². The predicted octanol–water partition coefficient (Wildman–Crippen LogP) is 4.78. The third-order valence-electron chi connectivity index (χ3n) is 6.31. The van der Waals surface area contributed by atoms with Crippen LogP contribution in [-0.2, 0) is 42.7 Å². The molecule has 2 fully saturated rings. The second-order valence-electron chi connectivity index (χ2n) is 10.5. The van der Waals surface area contributed by atoms with Crippen LogP contribution in [0.25, 0.3) is 0 Å². The highest BCUT2D eigenvalue weighted by Gasteiger charge is 2.67. The lowest BCUT2D eigenvalue weighted by molar-refractivity contribution is -0.161. The maximum Gasteiger partial charge on any atom is 0.511 e. The van der Waals surface area contributed by atoms with Crippen molar-refractivity contribution in [2.24, 2.45) is 35.3 Å². The Labute approximate surface area is 257 Å². The second kappa shape index (κ2) is 16.9. The van der Waals surface area contributed by atoms with E-state index in [1.165, 1.54) is 17.8 Å². The van der Waals surface area contributed by atoms with Crippen molar-refractivity contribution in [1.82, 2.24) is 0 Å². The number of hydrogen-bond acceptors (Lipinski definition) is 13. The quantitative estimate of drug-likeness (QED) is 0.150. The van der Waals surface area contributed by atoms with E-state index in [1.54, 1.807) is 34.6 Å².